The zero-order chi connectivity index (χ0) is 15.2. The van der Waals surface area contributed by atoms with Crippen LogP contribution in [0, 0.1) is 5.92 Å². The highest BCUT2D eigenvalue weighted by Crippen LogP contribution is 2.22. The fraction of sp³-hybridized carbons (Fsp3) is 0.667. The molecule has 0 saturated heterocycles. The van der Waals surface area contributed by atoms with Crippen molar-refractivity contribution in [2.24, 2.45) is 5.92 Å². The van der Waals surface area contributed by atoms with E-state index in [0.717, 1.165) is 17.7 Å². The molecule has 0 fully saturated rings. The highest BCUT2D eigenvalue weighted by atomic mass is 32.1. The van der Waals surface area contributed by atoms with Crippen LogP contribution in [0.5, 0.6) is 0 Å². The number of carbonyl (C=O) groups excluding carboxylic acids is 1. The molecule has 3 unspecified atom stereocenters. The Labute approximate surface area is 125 Å². The zero-order valence-electron chi connectivity index (χ0n) is 12.8. The lowest BCUT2D eigenvalue weighted by molar-refractivity contribution is 0.00783. The maximum absolute atomic E-state index is 11.9. The van der Waals surface area contributed by atoms with E-state index in [1.807, 2.05) is 38.3 Å². The van der Waals surface area contributed by atoms with Crippen LogP contribution >= 0.6 is 11.3 Å². The van der Waals surface area contributed by atoms with E-state index >= 15 is 0 Å². The van der Waals surface area contributed by atoms with Gasteiger partial charge in [0, 0.05) is 11.4 Å². The second-order valence-corrected chi connectivity index (χ2v) is 6.45. The number of hydrogen-bond acceptors (Lipinski definition) is 3. The van der Waals surface area contributed by atoms with Gasteiger partial charge in [-0.15, -0.1) is 11.3 Å². The number of aliphatic hydroxyl groups is 1. The molecule has 4 nitrogen and oxygen atoms in total. The second kappa shape index (κ2) is 7.64. The van der Waals surface area contributed by atoms with E-state index in [1.54, 1.807) is 18.3 Å². The first kappa shape index (κ1) is 17.0. The molecular formula is C15H26N2O2S. The Balaban J connectivity index is 2.47. The Bertz CT molecular complexity index is 404. The third-order valence-electron chi connectivity index (χ3n) is 3.88. The molecule has 0 aliphatic heterocycles. The zero-order valence-corrected chi connectivity index (χ0v) is 13.6. The van der Waals surface area contributed by atoms with Crippen molar-refractivity contribution in [1.82, 2.24) is 10.6 Å². The van der Waals surface area contributed by atoms with E-state index in [4.69, 9.17) is 0 Å². The second-order valence-electron chi connectivity index (χ2n) is 5.47. The Morgan fingerprint density at radius 1 is 1.45 bits per heavy atom. The van der Waals surface area contributed by atoms with Crippen LogP contribution in [0.2, 0.25) is 0 Å². The lowest BCUT2D eigenvalue weighted by Crippen LogP contribution is -2.48. The standard InChI is InChI=1S/C15H26N2O2S/c1-5-11(3)15(4,19)10-16-14(18)17-12(6-2)13-8-7-9-20-13/h7-9,11-12,19H,5-6,10H2,1-4H3,(H2,16,17,18). The molecule has 0 radical (unpaired) electrons. The molecule has 1 heterocycles. The lowest BCUT2D eigenvalue weighted by Gasteiger charge is -2.30. The van der Waals surface area contributed by atoms with Gasteiger partial charge in [-0.25, -0.2) is 4.79 Å². The molecule has 1 aromatic heterocycles. The summed E-state index contributed by atoms with van der Waals surface area (Å²) >= 11 is 1.64. The van der Waals surface area contributed by atoms with Gasteiger partial charge in [0.1, 0.15) is 0 Å². The minimum atomic E-state index is -0.878. The van der Waals surface area contributed by atoms with Crippen molar-refractivity contribution in [3.63, 3.8) is 0 Å². The van der Waals surface area contributed by atoms with Gasteiger partial charge < -0.3 is 15.7 Å². The van der Waals surface area contributed by atoms with Crippen LogP contribution in [0.15, 0.2) is 17.5 Å². The summed E-state index contributed by atoms with van der Waals surface area (Å²) in [4.78, 5) is 13.1. The molecule has 1 rings (SSSR count). The minimum absolute atomic E-state index is 0.0311. The van der Waals surface area contributed by atoms with Crippen molar-refractivity contribution in [2.45, 2.75) is 52.2 Å². The van der Waals surface area contributed by atoms with Crippen LogP contribution in [-0.4, -0.2) is 23.3 Å². The largest absolute Gasteiger partial charge is 0.388 e. The summed E-state index contributed by atoms with van der Waals surface area (Å²) in [6, 6.07) is 3.81. The van der Waals surface area contributed by atoms with Crippen molar-refractivity contribution >= 4 is 17.4 Å². The molecule has 2 amide bonds. The molecule has 3 N–H and O–H groups in total. The Kier molecular flexibility index (Phi) is 6.49. The summed E-state index contributed by atoms with van der Waals surface area (Å²) in [5.41, 5.74) is -0.878. The normalized spacial score (nSPS) is 17.1. The van der Waals surface area contributed by atoms with E-state index in [2.05, 4.69) is 10.6 Å². The van der Waals surface area contributed by atoms with Gasteiger partial charge in [-0.3, -0.25) is 0 Å². The molecule has 0 saturated carbocycles. The van der Waals surface area contributed by atoms with Crippen molar-refractivity contribution in [3.8, 4) is 0 Å². The van der Waals surface area contributed by atoms with Gasteiger partial charge in [-0.05, 0) is 30.7 Å². The quantitative estimate of drug-likeness (QED) is 0.723. The van der Waals surface area contributed by atoms with Gasteiger partial charge in [0.25, 0.3) is 0 Å². The van der Waals surface area contributed by atoms with Gasteiger partial charge in [-0.1, -0.05) is 33.3 Å². The molecule has 114 valence electrons. The van der Waals surface area contributed by atoms with Crippen LogP contribution in [0.25, 0.3) is 0 Å². The summed E-state index contributed by atoms with van der Waals surface area (Å²) in [7, 11) is 0. The number of rotatable bonds is 7. The lowest BCUT2D eigenvalue weighted by atomic mass is 9.89. The van der Waals surface area contributed by atoms with E-state index < -0.39 is 5.60 Å². The predicted octanol–water partition coefficient (Wildman–Crippen LogP) is 3.30. The first-order chi connectivity index (χ1) is 9.40. The van der Waals surface area contributed by atoms with Crippen molar-refractivity contribution in [3.05, 3.63) is 22.4 Å². The van der Waals surface area contributed by atoms with E-state index in [0.29, 0.717) is 0 Å². The van der Waals surface area contributed by atoms with Gasteiger partial charge in [-0.2, -0.15) is 0 Å². The number of hydrogen-bond donors (Lipinski definition) is 3. The highest BCUT2D eigenvalue weighted by Gasteiger charge is 2.27. The number of nitrogens with one attached hydrogen (secondary N) is 2. The van der Waals surface area contributed by atoms with Crippen molar-refractivity contribution in [1.29, 1.82) is 0 Å². The summed E-state index contributed by atoms with van der Waals surface area (Å²) in [6.45, 7) is 8.08. The Morgan fingerprint density at radius 3 is 2.65 bits per heavy atom. The topological polar surface area (TPSA) is 61.4 Å². The van der Waals surface area contributed by atoms with Gasteiger partial charge in [0.15, 0.2) is 0 Å². The number of amides is 2. The van der Waals surface area contributed by atoms with Crippen LogP contribution in [0.3, 0.4) is 0 Å². The fourth-order valence-electron chi connectivity index (χ4n) is 1.95. The molecule has 1 aromatic rings. The van der Waals surface area contributed by atoms with Crippen LogP contribution in [0.1, 0.15) is 51.5 Å². The number of urea groups is 1. The van der Waals surface area contributed by atoms with E-state index in [9.17, 15) is 9.90 Å². The molecule has 20 heavy (non-hydrogen) atoms. The Morgan fingerprint density at radius 2 is 2.15 bits per heavy atom. The maximum atomic E-state index is 11.9. The number of thiophene rings is 1. The average molecular weight is 298 g/mol. The molecule has 0 spiro atoms. The molecule has 0 aliphatic carbocycles. The summed E-state index contributed by atoms with van der Waals surface area (Å²) in [5.74, 6) is 0.141. The van der Waals surface area contributed by atoms with Crippen LogP contribution in [-0.2, 0) is 0 Å². The molecular weight excluding hydrogens is 272 g/mol. The Hall–Kier alpha value is -1.07. The predicted molar refractivity (Wildman–Crippen MR) is 84.0 cm³/mol. The SMILES string of the molecule is CCC(NC(=O)NCC(C)(O)C(C)CC)c1cccs1. The first-order valence-electron chi connectivity index (χ1n) is 7.20. The molecule has 0 aliphatic rings. The summed E-state index contributed by atoms with van der Waals surface area (Å²) < 4.78 is 0. The van der Waals surface area contributed by atoms with Gasteiger partial charge in [0.05, 0.1) is 11.6 Å². The van der Waals surface area contributed by atoms with Crippen LogP contribution < -0.4 is 10.6 Å². The highest BCUT2D eigenvalue weighted by molar-refractivity contribution is 7.10. The van der Waals surface area contributed by atoms with Crippen LogP contribution in [0.4, 0.5) is 4.79 Å². The molecule has 0 bridgehead atoms. The van der Waals surface area contributed by atoms with Crippen molar-refractivity contribution in [2.75, 3.05) is 6.54 Å². The van der Waals surface area contributed by atoms with Gasteiger partial charge >= 0.3 is 6.03 Å². The van der Waals surface area contributed by atoms with Crippen molar-refractivity contribution < 1.29 is 9.90 Å². The minimum Gasteiger partial charge on any atom is -0.388 e. The molecule has 5 heteroatoms. The maximum Gasteiger partial charge on any atom is 0.315 e. The van der Waals surface area contributed by atoms with E-state index in [1.165, 1.54) is 0 Å². The molecule has 3 atom stereocenters. The smallest absolute Gasteiger partial charge is 0.315 e. The average Bonchev–Trinajstić information content (AvgIpc) is 2.95. The van der Waals surface area contributed by atoms with E-state index in [-0.39, 0.29) is 24.5 Å². The monoisotopic (exact) mass is 298 g/mol. The summed E-state index contributed by atoms with van der Waals surface area (Å²) in [6.07, 6.45) is 1.72. The third-order valence-corrected chi connectivity index (χ3v) is 4.87. The third kappa shape index (κ3) is 4.80. The number of carbonyl (C=O) groups is 1. The molecule has 0 aromatic carbocycles. The fourth-order valence-corrected chi connectivity index (χ4v) is 2.81. The first-order valence-corrected chi connectivity index (χ1v) is 8.08. The van der Waals surface area contributed by atoms with Gasteiger partial charge in [0.2, 0.25) is 0 Å². The summed E-state index contributed by atoms with van der Waals surface area (Å²) in [5, 5.41) is 18.0.